The number of rotatable bonds is 6. The summed E-state index contributed by atoms with van der Waals surface area (Å²) < 4.78 is 1.44. The maximum atomic E-state index is 12.8. The highest BCUT2D eigenvalue weighted by Gasteiger charge is 2.15. The van der Waals surface area contributed by atoms with Gasteiger partial charge in [-0.1, -0.05) is 45.0 Å². The lowest BCUT2D eigenvalue weighted by Gasteiger charge is -2.19. The van der Waals surface area contributed by atoms with E-state index in [1.165, 1.54) is 28.5 Å². The molecule has 0 spiro atoms. The number of aromatic hydroxyl groups is 1. The van der Waals surface area contributed by atoms with E-state index in [0.29, 0.717) is 12.1 Å². The molecule has 1 aromatic heterocycles. The normalized spacial score (nSPS) is 11.5. The van der Waals surface area contributed by atoms with Gasteiger partial charge in [0.05, 0.1) is 17.7 Å². The number of phenolic OH excluding ortho intramolecular Hbond substituents is 1. The molecule has 0 aliphatic heterocycles. The van der Waals surface area contributed by atoms with E-state index >= 15 is 0 Å². The molecule has 33 heavy (non-hydrogen) atoms. The number of hydrazone groups is 1. The summed E-state index contributed by atoms with van der Waals surface area (Å²) in [7, 11) is 0. The van der Waals surface area contributed by atoms with Gasteiger partial charge in [-0.3, -0.25) is 19.7 Å². The average molecular weight is 448 g/mol. The van der Waals surface area contributed by atoms with Crippen molar-refractivity contribution in [2.45, 2.75) is 32.7 Å². The van der Waals surface area contributed by atoms with Gasteiger partial charge in [0, 0.05) is 17.8 Å². The first-order valence-corrected chi connectivity index (χ1v) is 10.2. The molecule has 2 N–H and O–H groups in total. The molecule has 9 nitrogen and oxygen atoms in total. The maximum Gasteiger partial charge on any atom is 0.311 e. The second-order valence-electron chi connectivity index (χ2n) is 8.51. The second kappa shape index (κ2) is 9.47. The van der Waals surface area contributed by atoms with E-state index in [1.54, 1.807) is 12.3 Å². The molecular formula is C24H24N4O5. The summed E-state index contributed by atoms with van der Waals surface area (Å²) in [6.45, 7) is 6.69. The van der Waals surface area contributed by atoms with Crippen LogP contribution >= 0.6 is 0 Å². The highest BCUT2D eigenvalue weighted by Crippen LogP contribution is 2.25. The fourth-order valence-corrected chi connectivity index (χ4v) is 3.13. The van der Waals surface area contributed by atoms with E-state index in [-0.39, 0.29) is 11.0 Å². The van der Waals surface area contributed by atoms with Gasteiger partial charge < -0.3 is 9.67 Å². The van der Waals surface area contributed by atoms with Gasteiger partial charge in [-0.15, -0.1) is 0 Å². The van der Waals surface area contributed by atoms with Crippen LogP contribution in [0.15, 0.2) is 70.7 Å². The van der Waals surface area contributed by atoms with Gasteiger partial charge in [0.1, 0.15) is 5.56 Å². The largest absolute Gasteiger partial charge is 0.502 e. The number of nitro benzene ring substituents is 1. The Bertz CT molecular complexity index is 1270. The molecule has 1 amide bonds. The SMILES string of the molecule is CC(C)(C)c1ccc(Cn2cccc(C(=O)N/N=C\c3ccc(O)c([N+](=O)[O-])c3)c2=O)cc1. The Balaban J connectivity index is 1.73. The first-order valence-electron chi connectivity index (χ1n) is 10.2. The first kappa shape index (κ1) is 23.4. The van der Waals surface area contributed by atoms with Gasteiger partial charge in [0.25, 0.3) is 11.5 Å². The van der Waals surface area contributed by atoms with E-state index in [2.05, 4.69) is 31.3 Å². The molecule has 0 unspecified atom stereocenters. The number of nitrogens with one attached hydrogen (secondary N) is 1. The number of carbonyl (C=O) groups is 1. The van der Waals surface area contributed by atoms with Crippen LogP contribution < -0.4 is 11.0 Å². The number of nitro groups is 1. The minimum Gasteiger partial charge on any atom is -0.502 e. The third-order valence-electron chi connectivity index (χ3n) is 5.01. The number of carbonyl (C=O) groups excluding carboxylic acids is 1. The molecule has 0 saturated carbocycles. The van der Waals surface area contributed by atoms with Gasteiger partial charge in [-0.2, -0.15) is 5.10 Å². The molecule has 0 aliphatic rings. The lowest BCUT2D eigenvalue weighted by Crippen LogP contribution is -2.30. The number of hydrogen-bond acceptors (Lipinski definition) is 6. The fraction of sp³-hybridized carbons (Fsp3) is 0.208. The van der Waals surface area contributed by atoms with Crippen molar-refractivity contribution >= 4 is 17.8 Å². The fourth-order valence-electron chi connectivity index (χ4n) is 3.13. The van der Waals surface area contributed by atoms with E-state index in [0.717, 1.165) is 17.7 Å². The van der Waals surface area contributed by atoms with E-state index in [4.69, 9.17) is 0 Å². The standard InChI is InChI=1S/C24H24N4O5/c1-24(2,3)18-9-6-16(7-10-18)15-27-12-4-5-19(23(27)31)22(30)26-25-14-17-8-11-21(29)20(13-17)28(32)33/h4-14,29H,15H2,1-3H3,(H,26,30)/b25-14-. The Morgan fingerprint density at radius 1 is 1.18 bits per heavy atom. The summed E-state index contributed by atoms with van der Waals surface area (Å²) >= 11 is 0. The van der Waals surface area contributed by atoms with Gasteiger partial charge in [0.2, 0.25) is 0 Å². The number of nitrogens with zero attached hydrogens (tertiary/aromatic N) is 3. The van der Waals surface area contributed by atoms with Crippen LogP contribution in [0.25, 0.3) is 0 Å². The number of phenols is 1. The Labute approximate surface area is 190 Å². The van der Waals surface area contributed by atoms with Crippen LogP contribution in [-0.4, -0.2) is 26.7 Å². The third kappa shape index (κ3) is 5.70. The molecule has 9 heteroatoms. The lowest BCUT2D eigenvalue weighted by molar-refractivity contribution is -0.385. The molecule has 0 atom stereocenters. The van der Waals surface area contributed by atoms with Crippen LogP contribution in [0.4, 0.5) is 5.69 Å². The summed E-state index contributed by atoms with van der Waals surface area (Å²) in [4.78, 5) is 35.4. The summed E-state index contributed by atoms with van der Waals surface area (Å²) in [5.74, 6) is -1.18. The summed E-state index contributed by atoms with van der Waals surface area (Å²) in [5.41, 5.74) is 3.65. The van der Waals surface area contributed by atoms with Crippen molar-refractivity contribution in [3.63, 3.8) is 0 Å². The number of amides is 1. The van der Waals surface area contributed by atoms with Gasteiger partial charge >= 0.3 is 5.69 Å². The summed E-state index contributed by atoms with van der Waals surface area (Å²) in [6, 6.07) is 14.7. The van der Waals surface area contributed by atoms with Crippen molar-refractivity contribution < 1.29 is 14.8 Å². The van der Waals surface area contributed by atoms with Crippen molar-refractivity contribution in [2.75, 3.05) is 0 Å². The number of pyridine rings is 1. The predicted octanol–water partition coefficient (Wildman–Crippen LogP) is 3.57. The van der Waals surface area contributed by atoms with Gasteiger partial charge in [0.15, 0.2) is 5.75 Å². The Morgan fingerprint density at radius 2 is 1.88 bits per heavy atom. The quantitative estimate of drug-likeness (QED) is 0.339. The highest BCUT2D eigenvalue weighted by atomic mass is 16.6. The van der Waals surface area contributed by atoms with Crippen molar-refractivity contribution in [1.82, 2.24) is 9.99 Å². The highest BCUT2D eigenvalue weighted by molar-refractivity contribution is 5.94. The van der Waals surface area contributed by atoms with Crippen molar-refractivity contribution in [1.29, 1.82) is 0 Å². The van der Waals surface area contributed by atoms with E-state index in [1.807, 2.05) is 24.3 Å². The zero-order chi connectivity index (χ0) is 24.2. The molecular weight excluding hydrogens is 424 g/mol. The van der Waals surface area contributed by atoms with E-state index in [9.17, 15) is 24.8 Å². The minimum atomic E-state index is -0.728. The molecule has 2 aromatic carbocycles. The number of benzene rings is 2. The van der Waals surface area contributed by atoms with Crippen molar-refractivity contribution in [3.05, 3.63) is 104 Å². The number of hydrogen-bond donors (Lipinski definition) is 2. The summed E-state index contributed by atoms with van der Waals surface area (Å²) in [6.07, 6.45) is 2.79. The van der Waals surface area contributed by atoms with E-state index < -0.39 is 27.8 Å². The molecule has 0 fully saturated rings. The predicted molar refractivity (Wildman–Crippen MR) is 125 cm³/mol. The number of aromatic nitrogens is 1. The average Bonchev–Trinajstić information content (AvgIpc) is 2.76. The summed E-state index contributed by atoms with van der Waals surface area (Å²) in [5, 5.41) is 24.1. The molecule has 0 aliphatic carbocycles. The van der Waals surface area contributed by atoms with Crippen molar-refractivity contribution in [3.8, 4) is 5.75 Å². The zero-order valence-corrected chi connectivity index (χ0v) is 18.5. The second-order valence-corrected chi connectivity index (χ2v) is 8.51. The van der Waals surface area contributed by atoms with Crippen LogP contribution in [0, 0.1) is 10.1 Å². The monoisotopic (exact) mass is 448 g/mol. The first-order chi connectivity index (χ1) is 15.6. The lowest BCUT2D eigenvalue weighted by atomic mass is 9.87. The van der Waals surface area contributed by atoms with Crippen molar-refractivity contribution in [2.24, 2.45) is 5.10 Å². The van der Waals surface area contributed by atoms with Crippen LogP contribution in [0.2, 0.25) is 0 Å². The van der Waals surface area contributed by atoms with Gasteiger partial charge in [-0.05, 0) is 40.8 Å². The molecule has 0 radical (unpaired) electrons. The molecule has 0 saturated heterocycles. The molecule has 0 bridgehead atoms. The molecule has 170 valence electrons. The molecule has 3 aromatic rings. The minimum absolute atomic E-state index is 0.0267. The Morgan fingerprint density at radius 3 is 2.52 bits per heavy atom. The topological polar surface area (TPSA) is 127 Å². The van der Waals surface area contributed by atoms with Crippen LogP contribution in [-0.2, 0) is 12.0 Å². The van der Waals surface area contributed by atoms with Crippen LogP contribution in [0.5, 0.6) is 5.75 Å². The third-order valence-corrected chi connectivity index (χ3v) is 5.01. The van der Waals surface area contributed by atoms with Gasteiger partial charge in [-0.25, -0.2) is 5.43 Å². The Hall–Kier alpha value is -4.27. The molecule has 1 heterocycles. The maximum absolute atomic E-state index is 12.8. The van der Waals surface area contributed by atoms with Crippen LogP contribution in [0.3, 0.4) is 0 Å². The Kier molecular flexibility index (Phi) is 6.72. The smallest absolute Gasteiger partial charge is 0.311 e. The van der Waals surface area contributed by atoms with Crippen LogP contribution in [0.1, 0.15) is 47.8 Å². The molecule has 3 rings (SSSR count). The zero-order valence-electron chi connectivity index (χ0n) is 18.5.